The highest BCUT2D eigenvalue weighted by Gasteiger charge is 2.33. The number of hydrogen-bond donors (Lipinski definition) is 2. The summed E-state index contributed by atoms with van der Waals surface area (Å²) in [5.74, 6) is 0.144. The molecule has 1 unspecified atom stereocenters. The fraction of sp³-hybridized carbons (Fsp3) is 0.600. The van der Waals surface area contributed by atoms with Gasteiger partial charge in [0, 0.05) is 11.4 Å². The van der Waals surface area contributed by atoms with Crippen LogP contribution in [-0.4, -0.2) is 11.7 Å². The van der Waals surface area contributed by atoms with Crippen LogP contribution in [0.4, 0.5) is 0 Å². The van der Waals surface area contributed by atoms with Crippen molar-refractivity contribution in [2.45, 2.75) is 26.4 Å². The summed E-state index contributed by atoms with van der Waals surface area (Å²) in [7, 11) is 0. The molecule has 2 nitrogen and oxygen atoms in total. The van der Waals surface area contributed by atoms with Gasteiger partial charge < -0.3 is 10.8 Å². The summed E-state index contributed by atoms with van der Waals surface area (Å²) in [5, 5.41) is 12.3. The van der Waals surface area contributed by atoms with E-state index < -0.39 is 5.60 Å². The number of aliphatic hydroxyl groups is 1. The van der Waals surface area contributed by atoms with Gasteiger partial charge in [-0.3, -0.25) is 0 Å². The van der Waals surface area contributed by atoms with Gasteiger partial charge in [-0.2, -0.15) is 0 Å². The number of nitrogens with two attached hydrogens (primary N) is 1. The van der Waals surface area contributed by atoms with Crippen molar-refractivity contribution in [1.82, 2.24) is 0 Å². The molecule has 1 heterocycles. The minimum absolute atomic E-state index is 0.144. The van der Waals surface area contributed by atoms with Gasteiger partial charge in [0.05, 0.1) is 0 Å². The summed E-state index contributed by atoms with van der Waals surface area (Å²) in [5.41, 5.74) is 5.75. The third kappa shape index (κ3) is 1.77. The molecule has 0 aliphatic heterocycles. The number of hydrogen-bond acceptors (Lipinski definition) is 3. The van der Waals surface area contributed by atoms with E-state index >= 15 is 0 Å². The van der Waals surface area contributed by atoms with Crippen LogP contribution in [0.5, 0.6) is 0 Å². The van der Waals surface area contributed by atoms with Gasteiger partial charge in [-0.25, -0.2) is 0 Å². The van der Waals surface area contributed by atoms with Crippen LogP contribution in [0.3, 0.4) is 0 Å². The topological polar surface area (TPSA) is 46.2 Å². The molecule has 0 saturated heterocycles. The molecule has 0 fully saturated rings. The van der Waals surface area contributed by atoms with Gasteiger partial charge in [0.25, 0.3) is 0 Å². The Hall–Kier alpha value is -0.380. The normalized spacial score (nSPS) is 16.2. The molecule has 0 saturated carbocycles. The SMILES string of the molecule is Cc1sccc1C(O)(CN)C(C)C. The first kappa shape index (κ1) is 10.7. The quantitative estimate of drug-likeness (QED) is 0.780. The lowest BCUT2D eigenvalue weighted by Gasteiger charge is -2.31. The van der Waals surface area contributed by atoms with Crippen molar-refractivity contribution < 1.29 is 5.11 Å². The van der Waals surface area contributed by atoms with Gasteiger partial charge in [0.1, 0.15) is 5.60 Å². The second-order valence-electron chi connectivity index (χ2n) is 3.67. The Bertz CT molecular complexity index is 282. The molecule has 1 aromatic heterocycles. The first-order chi connectivity index (χ1) is 6.02. The van der Waals surface area contributed by atoms with Crippen molar-refractivity contribution >= 4 is 11.3 Å². The lowest BCUT2D eigenvalue weighted by Crippen LogP contribution is -2.40. The summed E-state index contributed by atoms with van der Waals surface area (Å²) in [6.07, 6.45) is 0. The van der Waals surface area contributed by atoms with E-state index in [-0.39, 0.29) is 12.5 Å². The molecule has 0 aromatic carbocycles. The molecule has 0 spiro atoms. The van der Waals surface area contributed by atoms with Crippen molar-refractivity contribution in [3.63, 3.8) is 0 Å². The Morgan fingerprint density at radius 1 is 1.62 bits per heavy atom. The van der Waals surface area contributed by atoms with E-state index in [0.29, 0.717) is 0 Å². The van der Waals surface area contributed by atoms with Crippen molar-refractivity contribution in [2.24, 2.45) is 11.7 Å². The standard InChI is InChI=1S/C10H17NOS/c1-7(2)10(12,6-11)9-4-5-13-8(9)3/h4-5,7,12H,6,11H2,1-3H3. The second-order valence-corrected chi connectivity index (χ2v) is 4.79. The maximum Gasteiger partial charge on any atom is 0.105 e. The Morgan fingerprint density at radius 2 is 2.23 bits per heavy atom. The molecule has 0 aliphatic carbocycles. The summed E-state index contributed by atoms with van der Waals surface area (Å²) in [4.78, 5) is 1.15. The molecule has 13 heavy (non-hydrogen) atoms. The average Bonchev–Trinajstić information content (AvgIpc) is 2.50. The highest BCUT2D eigenvalue weighted by atomic mass is 32.1. The molecule has 74 valence electrons. The molecule has 1 atom stereocenters. The monoisotopic (exact) mass is 199 g/mol. The molecule has 1 rings (SSSR count). The molecular formula is C10H17NOS. The molecular weight excluding hydrogens is 182 g/mol. The first-order valence-corrected chi connectivity index (χ1v) is 5.37. The van der Waals surface area contributed by atoms with Crippen LogP contribution < -0.4 is 5.73 Å². The molecule has 3 heteroatoms. The van der Waals surface area contributed by atoms with Crippen molar-refractivity contribution in [3.8, 4) is 0 Å². The lowest BCUT2D eigenvalue weighted by molar-refractivity contribution is -0.00124. The summed E-state index contributed by atoms with van der Waals surface area (Å²) in [6.45, 7) is 6.28. The Balaban J connectivity index is 3.10. The fourth-order valence-electron chi connectivity index (χ4n) is 1.49. The minimum Gasteiger partial charge on any atom is -0.384 e. The zero-order valence-corrected chi connectivity index (χ0v) is 9.19. The van der Waals surface area contributed by atoms with E-state index in [2.05, 4.69) is 0 Å². The van der Waals surface area contributed by atoms with Crippen molar-refractivity contribution in [2.75, 3.05) is 6.54 Å². The number of thiophene rings is 1. The van der Waals surface area contributed by atoms with E-state index in [1.807, 2.05) is 32.2 Å². The highest BCUT2D eigenvalue weighted by molar-refractivity contribution is 7.10. The predicted octanol–water partition coefficient (Wildman–Crippen LogP) is 1.86. The van der Waals surface area contributed by atoms with Crippen molar-refractivity contribution in [1.29, 1.82) is 0 Å². The number of rotatable bonds is 3. The smallest absolute Gasteiger partial charge is 0.105 e. The maximum atomic E-state index is 10.3. The fourth-order valence-corrected chi connectivity index (χ4v) is 2.27. The van der Waals surface area contributed by atoms with E-state index in [1.54, 1.807) is 11.3 Å². The molecule has 1 aromatic rings. The van der Waals surface area contributed by atoms with Crippen LogP contribution >= 0.6 is 11.3 Å². The van der Waals surface area contributed by atoms with Crippen LogP contribution in [-0.2, 0) is 5.60 Å². The van der Waals surface area contributed by atoms with Gasteiger partial charge in [-0.15, -0.1) is 11.3 Å². The number of aryl methyl sites for hydroxylation is 1. The summed E-state index contributed by atoms with van der Waals surface area (Å²) in [6, 6.07) is 1.97. The Kier molecular flexibility index (Phi) is 3.11. The molecule has 0 aliphatic rings. The third-order valence-electron chi connectivity index (χ3n) is 2.59. The van der Waals surface area contributed by atoms with Crippen LogP contribution in [0.2, 0.25) is 0 Å². The minimum atomic E-state index is -0.857. The van der Waals surface area contributed by atoms with E-state index in [4.69, 9.17) is 5.73 Å². The third-order valence-corrected chi connectivity index (χ3v) is 3.44. The summed E-state index contributed by atoms with van der Waals surface area (Å²) < 4.78 is 0. The van der Waals surface area contributed by atoms with Crippen LogP contribution in [0, 0.1) is 12.8 Å². The van der Waals surface area contributed by atoms with Crippen molar-refractivity contribution in [3.05, 3.63) is 21.9 Å². The average molecular weight is 199 g/mol. The van der Waals surface area contributed by atoms with Crippen LogP contribution in [0.1, 0.15) is 24.3 Å². The highest BCUT2D eigenvalue weighted by Crippen LogP contribution is 2.33. The zero-order chi connectivity index (χ0) is 10.1. The van der Waals surface area contributed by atoms with E-state index in [0.717, 1.165) is 10.4 Å². The zero-order valence-electron chi connectivity index (χ0n) is 8.37. The largest absolute Gasteiger partial charge is 0.384 e. The Morgan fingerprint density at radius 3 is 2.54 bits per heavy atom. The first-order valence-electron chi connectivity index (χ1n) is 4.49. The van der Waals surface area contributed by atoms with E-state index in [1.165, 1.54) is 0 Å². The van der Waals surface area contributed by atoms with Gasteiger partial charge >= 0.3 is 0 Å². The predicted molar refractivity (Wildman–Crippen MR) is 56.8 cm³/mol. The van der Waals surface area contributed by atoms with Gasteiger partial charge in [-0.1, -0.05) is 13.8 Å². The molecule has 0 bridgehead atoms. The van der Waals surface area contributed by atoms with Gasteiger partial charge in [-0.05, 0) is 29.9 Å². The van der Waals surface area contributed by atoms with E-state index in [9.17, 15) is 5.11 Å². The Labute approximate surface area is 83.4 Å². The van der Waals surface area contributed by atoms with Gasteiger partial charge in [0.15, 0.2) is 0 Å². The summed E-state index contributed by atoms with van der Waals surface area (Å²) >= 11 is 1.65. The van der Waals surface area contributed by atoms with Crippen LogP contribution in [0.25, 0.3) is 0 Å². The molecule has 0 radical (unpaired) electrons. The second kappa shape index (κ2) is 3.78. The molecule has 0 amide bonds. The van der Waals surface area contributed by atoms with Crippen LogP contribution in [0.15, 0.2) is 11.4 Å². The lowest BCUT2D eigenvalue weighted by atomic mass is 9.84. The van der Waals surface area contributed by atoms with Gasteiger partial charge in [0.2, 0.25) is 0 Å². The molecule has 3 N–H and O–H groups in total. The maximum absolute atomic E-state index is 10.3.